The number of rotatable bonds is 0. The van der Waals surface area contributed by atoms with Crippen LogP contribution >= 0.6 is 22.9 Å². The molecular weight excluding hydrogens is 197 g/mol. The first kappa shape index (κ1) is 7.95. The first-order valence-corrected chi connectivity index (χ1v) is 4.59. The third-order valence-electron chi connectivity index (χ3n) is 1.67. The lowest BCUT2D eigenvalue weighted by Crippen LogP contribution is -1.78. The van der Waals surface area contributed by atoms with Crippen molar-refractivity contribution >= 4 is 33.2 Å². The van der Waals surface area contributed by atoms with Gasteiger partial charge in [0.05, 0.1) is 10.2 Å². The standard InChI is InChI=1S/C8H5ClFNS/c1-4-2-3-5(10)7-6(4)11-8(9)12-7/h2-3H,1H3. The fraction of sp³-hybridized carbons (Fsp3) is 0.125. The Morgan fingerprint density at radius 2 is 2.25 bits per heavy atom. The van der Waals surface area contributed by atoms with Crippen molar-refractivity contribution in [2.45, 2.75) is 6.92 Å². The van der Waals surface area contributed by atoms with Crippen molar-refractivity contribution in [3.8, 4) is 0 Å². The van der Waals surface area contributed by atoms with Gasteiger partial charge in [-0.3, -0.25) is 0 Å². The molecule has 0 aliphatic heterocycles. The van der Waals surface area contributed by atoms with E-state index in [2.05, 4.69) is 4.98 Å². The summed E-state index contributed by atoms with van der Waals surface area (Å²) < 4.78 is 14.0. The lowest BCUT2D eigenvalue weighted by molar-refractivity contribution is 0.641. The Labute approximate surface area is 77.8 Å². The molecule has 1 aromatic carbocycles. The number of hydrogen-bond acceptors (Lipinski definition) is 2. The molecule has 1 aromatic heterocycles. The fourth-order valence-corrected chi connectivity index (χ4v) is 2.17. The third kappa shape index (κ3) is 1.09. The second kappa shape index (κ2) is 2.68. The molecule has 0 aliphatic carbocycles. The van der Waals surface area contributed by atoms with E-state index in [1.807, 2.05) is 6.92 Å². The molecule has 0 atom stereocenters. The Hall–Kier alpha value is -0.670. The van der Waals surface area contributed by atoms with Crippen molar-refractivity contribution in [1.82, 2.24) is 4.98 Å². The van der Waals surface area contributed by atoms with Crippen LogP contribution in [0.4, 0.5) is 4.39 Å². The molecule has 0 fully saturated rings. The normalized spacial score (nSPS) is 10.9. The highest BCUT2D eigenvalue weighted by Crippen LogP contribution is 2.29. The van der Waals surface area contributed by atoms with E-state index in [1.54, 1.807) is 6.07 Å². The maximum absolute atomic E-state index is 13.1. The van der Waals surface area contributed by atoms with Gasteiger partial charge in [-0.2, -0.15) is 0 Å². The molecule has 2 rings (SSSR count). The number of nitrogens with zero attached hydrogens (tertiary/aromatic N) is 1. The zero-order valence-electron chi connectivity index (χ0n) is 6.27. The molecule has 4 heteroatoms. The molecular formula is C8H5ClFNS. The average molecular weight is 202 g/mol. The summed E-state index contributed by atoms with van der Waals surface area (Å²) in [6.45, 7) is 1.89. The molecule has 0 saturated heterocycles. The Balaban J connectivity index is 2.93. The van der Waals surface area contributed by atoms with E-state index in [0.717, 1.165) is 5.56 Å². The summed E-state index contributed by atoms with van der Waals surface area (Å²) in [5.41, 5.74) is 1.62. The van der Waals surface area contributed by atoms with E-state index >= 15 is 0 Å². The van der Waals surface area contributed by atoms with Crippen LogP contribution in [0.5, 0.6) is 0 Å². The highest BCUT2D eigenvalue weighted by Gasteiger charge is 2.08. The van der Waals surface area contributed by atoms with Gasteiger partial charge in [0, 0.05) is 0 Å². The van der Waals surface area contributed by atoms with Gasteiger partial charge in [0.1, 0.15) is 5.82 Å². The second-order valence-corrected chi connectivity index (χ2v) is 4.09. The minimum Gasteiger partial charge on any atom is -0.224 e. The molecule has 0 aliphatic rings. The number of benzene rings is 1. The van der Waals surface area contributed by atoms with Crippen molar-refractivity contribution in [1.29, 1.82) is 0 Å². The summed E-state index contributed by atoms with van der Waals surface area (Å²) in [5.74, 6) is -0.250. The smallest absolute Gasteiger partial charge is 0.184 e. The lowest BCUT2D eigenvalue weighted by Gasteiger charge is -1.93. The van der Waals surface area contributed by atoms with Crippen LogP contribution in [-0.4, -0.2) is 4.98 Å². The van der Waals surface area contributed by atoms with Crippen molar-refractivity contribution in [3.05, 3.63) is 28.0 Å². The summed E-state index contributed by atoms with van der Waals surface area (Å²) in [6, 6.07) is 3.14. The predicted octanol–water partition coefficient (Wildman–Crippen LogP) is 3.40. The van der Waals surface area contributed by atoms with Gasteiger partial charge in [0.25, 0.3) is 0 Å². The fourth-order valence-electron chi connectivity index (χ4n) is 1.08. The minimum atomic E-state index is -0.250. The Bertz CT molecular complexity index is 399. The molecule has 12 heavy (non-hydrogen) atoms. The second-order valence-electron chi connectivity index (χ2n) is 2.51. The van der Waals surface area contributed by atoms with Gasteiger partial charge in [-0.1, -0.05) is 29.0 Å². The first-order valence-electron chi connectivity index (χ1n) is 3.39. The number of fused-ring (bicyclic) bond motifs is 1. The number of thiazole rings is 1. The zero-order chi connectivity index (χ0) is 8.72. The molecule has 1 heterocycles. The van der Waals surface area contributed by atoms with Crippen LogP contribution in [-0.2, 0) is 0 Å². The Kier molecular flexibility index (Phi) is 1.77. The van der Waals surface area contributed by atoms with Crippen LogP contribution in [0.25, 0.3) is 10.2 Å². The highest BCUT2D eigenvalue weighted by molar-refractivity contribution is 7.22. The number of aromatic nitrogens is 1. The molecule has 0 spiro atoms. The summed E-state index contributed by atoms with van der Waals surface area (Å²) in [6.07, 6.45) is 0. The van der Waals surface area contributed by atoms with E-state index in [9.17, 15) is 4.39 Å². The molecule has 1 nitrogen and oxygen atoms in total. The van der Waals surface area contributed by atoms with Gasteiger partial charge in [-0.15, -0.1) is 0 Å². The van der Waals surface area contributed by atoms with Crippen LogP contribution in [0.1, 0.15) is 5.56 Å². The summed E-state index contributed by atoms with van der Waals surface area (Å²) >= 11 is 6.84. The van der Waals surface area contributed by atoms with Gasteiger partial charge in [0.15, 0.2) is 4.47 Å². The van der Waals surface area contributed by atoms with Crippen LogP contribution in [0.2, 0.25) is 4.47 Å². The molecule has 0 amide bonds. The largest absolute Gasteiger partial charge is 0.224 e. The van der Waals surface area contributed by atoms with Gasteiger partial charge in [0.2, 0.25) is 0 Å². The van der Waals surface area contributed by atoms with Crippen LogP contribution in [0.3, 0.4) is 0 Å². The molecule has 0 radical (unpaired) electrons. The van der Waals surface area contributed by atoms with Crippen LogP contribution in [0.15, 0.2) is 12.1 Å². The minimum absolute atomic E-state index is 0.250. The number of hydrogen-bond donors (Lipinski definition) is 0. The van der Waals surface area contributed by atoms with E-state index in [4.69, 9.17) is 11.6 Å². The van der Waals surface area contributed by atoms with Crippen molar-refractivity contribution in [2.75, 3.05) is 0 Å². The van der Waals surface area contributed by atoms with Crippen molar-refractivity contribution in [2.24, 2.45) is 0 Å². The van der Waals surface area contributed by atoms with E-state index in [1.165, 1.54) is 17.4 Å². The van der Waals surface area contributed by atoms with Crippen molar-refractivity contribution < 1.29 is 4.39 Å². The number of halogens is 2. The van der Waals surface area contributed by atoms with Crippen LogP contribution in [0, 0.1) is 12.7 Å². The molecule has 62 valence electrons. The molecule has 0 saturated carbocycles. The Morgan fingerprint density at radius 1 is 1.50 bits per heavy atom. The predicted molar refractivity (Wildman–Crippen MR) is 49.3 cm³/mol. The molecule has 2 aromatic rings. The molecule has 0 N–H and O–H groups in total. The van der Waals surface area contributed by atoms with Gasteiger partial charge in [-0.05, 0) is 18.6 Å². The highest BCUT2D eigenvalue weighted by atomic mass is 35.5. The lowest BCUT2D eigenvalue weighted by atomic mass is 10.2. The Morgan fingerprint density at radius 3 is 2.92 bits per heavy atom. The SMILES string of the molecule is Cc1ccc(F)c2sc(Cl)nc12. The van der Waals surface area contributed by atoms with Crippen LogP contribution < -0.4 is 0 Å². The monoisotopic (exact) mass is 201 g/mol. The van der Waals surface area contributed by atoms with Gasteiger partial charge in [-0.25, -0.2) is 9.37 Å². The maximum atomic E-state index is 13.1. The summed E-state index contributed by atoms with van der Waals surface area (Å²) in [4.78, 5) is 4.02. The van der Waals surface area contributed by atoms with Crippen molar-refractivity contribution in [3.63, 3.8) is 0 Å². The first-order chi connectivity index (χ1) is 5.68. The van der Waals surface area contributed by atoms with E-state index < -0.39 is 0 Å². The molecule has 0 unspecified atom stereocenters. The summed E-state index contributed by atoms with van der Waals surface area (Å²) in [5, 5.41) is 0. The summed E-state index contributed by atoms with van der Waals surface area (Å²) in [7, 11) is 0. The zero-order valence-corrected chi connectivity index (χ0v) is 7.84. The van der Waals surface area contributed by atoms with Gasteiger partial charge >= 0.3 is 0 Å². The molecule has 0 bridgehead atoms. The maximum Gasteiger partial charge on any atom is 0.184 e. The topological polar surface area (TPSA) is 12.9 Å². The quantitative estimate of drug-likeness (QED) is 0.637. The van der Waals surface area contributed by atoms with E-state index in [-0.39, 0.29) is 5.82 Å². The number of aryl methyl sites for hydroxylation is 1. The average Bonchev–Trinajstić information content (AvgIpc) is 2.41. The van der Waals surface area contributed by atoms with E-state index in [0.29, 0.717) is 14.7 Å². The van der Waals surface area contributed by atoms with Gasteiger partial charge < -0.3 is 0 Å². The third-order valence-corrected chi connectivity index (χ3v) is 2.84.